The second-order valence-electron chi connectivity index (χ2n) is 3.69. The van der Waals surface area contributed by atoms with Gasteiger partial charge in [-0.15, -0.1) is 0 Å². The van der Waals surface area contributed by atoms with E-state index in [4.69, 9.17) is 20.4 Å². The molecule has 20 heavy (non-hydrogen) atoms. The van der Waals surface area contributed by atoms with Gasteiger partial charge in [-0.3, -0.25) is 19.2 Å². The molecule has 0 amide bonds. The highest BCUT2D eigenvalue weighted by molar-refractivity contribution is 5.87. The normalized spacial score (nSPS) is 13.0. The third-order valence-electron chi connectivity index (χ3n) is 2.12. The number of carboxylic acids is 4. The molecule has 2 unspecified atom stereocenters. The van der Waals surface area contributed by atoms with Crippen LogP contribution in [0.25, 0.3) is 0 Å². The van der Waals surface area contributed by atoms with Crippen molar-refractivity contribution in [2.75, 3.05) is 0 Å². The fourth-order valence-corrected chi connectivity index (χ4v) is 1.23. The lowest BCUT2D eigenvalue weighted by atomic mass is 9.98. The zero-order valence-electron chi connectivity index (χ0n) is 10.0. The van der Waals surface area contributed by atoms with Crippen LogP contribution in [0.15, 0.2) is 0 Å². The Labute approximate surface area is 111 Å². The monoisotopic (exact) mass is 292 g/mol. The quantitative estimate of drug-likeness (QED) is 0.386. The summed E-state index contributed by atoms with van der Waals surface area (Å²) in [5, 5.41) is 34.4. The van der Waals surface area contributed by atoms with Crippen molar-refractivity contribution in [3.8, 4) is 0 Å². The van der Waals surface area contributed by atoms with Gasteiger partial charge in [-0.25, -0.2) is 4.79 Å². The maximum atomic E-state index is 11.2. The van der Waals surface area contributed by atoms with E-state index in [0.717, 1.165) is 0 Å². The summed E-state index contributed by atoms with van der Waals surface area (Å²) in [6, 6.07) is 0. The molecule has 0 aliphatic heterocycles. The lowest BCUT2D eigenvalue weighted by Gasteiger charge is -2.19. The maximum absolute atomic E-state index is 11.2. The number of rotatable bonds is 9. The van der Waals surface area contributed by atoms with Gasteiger partial charge >= 0.3 is 29.8 Å². The van der Waals surface area contributed by atoms with Gasteiger partial charge in [-0.05, 0) is 0 Å². The predicted molar refractivity (Wildman–Crippen MR) is 57.8 cm³/mol. The fourth-order valence-electron chi connectivity index (χ4n) is 1.23. The molecule has 0 heterocycles. The molecule has 0 aromatic carbocycles. The average molecular weight is 292 g/mol. The molecule has 0 aromatic heterocycles. The molecule has 0 aliphatic rings. The Morgan fingerprint density at radius 2 is 1.35 bits per heavy atom. The molecule has 0 radical (unpaired) electrons. The van der Waals surface area contributed by atoms with Crippen LogP contribution in [0.3, 0.4) is 0 Å². The number of carbonyl (C=O) groups excluding carboxylic acids is 1. The van der Waals surface area contributed by atoms with Crippen molar-refractivity contribution in [1.82, 2.24) is 0 Å². The van der Waals surface area contributed by atoms with Crippen molar-refractivity contribution < 1.29 is 49.1 Å². The number of hydrogen-bond donors (Lipinski definition) is 4. The van der Waals surface area contributed by atoms with Crippen LogP contribution in [0.2, 0.25) is 0 Å². The van der Waals surface area contributed by atoms with E-state index in [-0.39, 0.29) is 0 Å². The van der Waals surface area contributed by atoms with E-state index in [1.54, 1.807) is 0 Å². The van der Waals surface area contributed by atoms with Crippen LogP contribution in [-0.2, 0) is 28.7 Å². The standard InChI is InChI=1S/C10H12O10/c11-5(12)1-2-7(15)20-8(10(18)19)4(9(16)17)3-6(13)14/h4,8H,1-3H2,(H,11,12)(H,13,14)(H,16,17)(H,18,19). The highest BCUT2D eigenvalue weighted by Crippen LogP contribution is 2.15. The molecule has 0 spiro atoms. The Kier molecular flexibility index (Phi) is 6.69. The fraction of sp³-hybridized carbons (Fsp3) is 0.500. The maximum Gasteiger partial charge on any atom is 0.345 e. The van der Waals surface area contributed by atoms with Crippen LogP contribution in [0, 0.1) is 5.92 Å². The van der Waals surface area contributed by atoms with Gasteiger partial charge < -0.3 is 25.2 Å². The minimum absolute atomic E-state index is 0.623. The van der Waals surface area contributed by atoms with Gasteiger partial charge in [-0.2, -0.15) is 0 Å². The minimum Gasteiger partial charge on any atom is -0.481 e. The first-order valence-electron chi connectivity index (χ1n) is 5.23. The number of aliphatic carboxylic acids is 4. The zero-order valence-corrected chi connectivity index (χ0v) is 10.0. The van der Waals surface area contributed by atoms with Gasteiger partial charge in [0.25, 0.3) is 0 Å². The highest BCUT2D eigenvalue weighted by atomic mass is 16.6. The molecule has 0 saturated carbocycles. The Morgan fingerprint density at radius 3 is 1.70 bits per heavy atom. The molecule has 0 saturated heterocycles. The van der Waals surface area contributed by atoms with Crippen molar-refractivity contribution in [3.05, 3.63) is 0 Å². The van der Waals surface area contributed by atoms with E-state index in [2.05, 4.69) is 4.74 Å². The molecule has 0 fully saturated rings. The van der Waals surface area contributed by atoms with E-state index in [9.17, 15) is 24.0 Å². The van der Waals surface area contributed by atoms with Crippen LogP contribution in [0.5, 0.6) is 0 Å². The lowest BCUT2D eigenvalue weighted by Crippen LogP contribution is -2.40. The topological polar surface area (TPSA) is 175 Å². The number of carbonyl (C=O) groups is 5. The largest absolute Gasteiger partial charge is 0.481 e. The second-order valence-corrected chi connectivity index (χ2v) is 3.69. The number of esters is 1. The summed E-state index contributed by atoms with van der Waals surface area (Å²) in [6.07, 6.45) is -4.54. The van der Waals surface area contributed by atoms with Gasteiger partial charge in [-0.1, -0.05) is 0 Å². The molecule has 0 aliphatic carbocycles. The van der Waals surface area contributed by atoms with E-state index < -0.39 is 61.1 Å². The average Bonchev–Trinajstić information content (AvgIpc) is 2.29. The van der Waals surface area contributed by atoms with Gasteiger partial charge in [0, 0.05) is 0 Å². The van der Waals surface area contributed by atoms with Crippen LogP contribution in [-0.4, -0.2) is 56.4 Å². The molecule has 0 aromatic rings. The third-order valence-corrected chi connectivity index (χ3v) is 2.12. The van der Waals surface area contributed by atoms with E-state index in [1.165, 1.54) is 0 Å². The first-order chi connectivity index (χ1) is 9.15. The Hall–Kier alpha value is -2.65. The molecule has 4 N–H and O–H groups in total. The van der Waals surface area contributed by atoms with E-state index in [1.807, 2.05) is 0 Å². The first-order valence-corrected chi connectivity index (χ1v) is 5.23. The molecule has 0 bridgehead atoms. The molecular weight excluding hydrogens is 280 g/mol. The molecule has 10 nitrogen and oxygen atoms in total. The Morgan fingerprint density at radius 1 is 0.800 bits per heavy atom. The molecule has 0 rings (SSSR count). The van der Waals surface area contributed by atoms with Crippen LogP contribution in [0.4, 0.5) is 0 Å². The summed E-state index contributed by atoms with van der Waals surface area (Å²) in [5.74, 6) is -9.71. The van der Waals surface area contributed by atoms with Gasteiger partial charge in [0.2, 0.25) is 6.10 Å². The number of hydrogen-bond acceptors (Lipinski definition) is 6. The van der Waals surface area contributed by atoms with Gasteiger partial charge in [0.15, 0.2) is 0 Å². The zero-order chi connectivity index (χ0) is 15.9. The Balaban J connectivity index is 4.88. The summed E-state index contributed by atoms with van der Waals surface area (Å²) in [5.41, 5.74) is 0. The van der Waals surface area contributed by atoms with Crippen molar-refractivity contribution in [2.24, 2.45) is 5.92 Å². The highest BCUT2D eigenvalue weighted by Gasteiger charge is 2.38. The molecule has 2 atom stereocenters. The molecular formula is C10H12O10. The summed E-state index contributed by atoms with van der Waals surface area (Å²) in [6.45, 7) is 0. The number of ether oxygens (including phenoxy) is 1. The van der Waals surface area contributed by atoms with Crippen LogP contribution in [0.1, 0.15) is 19.3 Å². The Bertz CT molecular complexity index is 426. The molecule has 112 valence electrons. The van der Waals surface area contributed by atoms with Crippen molar-refractivity contribution in [1.29, 1.82) is 0 Å². The van der Waals surface area contributed by atoms with Gasteiger partial charge in [0.1, 0.15) is 5.92 Å². The summed E-state index contributed by atoms with van der Waals surface area (Å²) in [4.78, 5) is 53.5. The first kappa shape index (κ1) is 17.4. The van der Waals surface area contributed by atoms with Gasteiger partial charge in [0.05, 0.1) is 19.3 Å². The lowest BCUT2D eigenvalue weighted by molar-refractivity contribution is -0.175. The smallest absolute Gasteiger partial charge is 0.345 e. The summed E-state index contributed by atoms with van der Waals surface area (Å²) >= 11 is 0. The van der Waals surface area contributed by atoms with Crippen molar-refractivity contribution >= 4 is 29.8 Å². The van der Waals surface area contributed by atoms with E-state index >= 15 is 0 Å². The minimum atomic E-state index is -2.20. The number of carboxylic acid groups (broad SMARTS) is 4. The van der Waals surface area contributed by atoms with Crippen LogP contribution < -0.4 is 0 Å². The SMILES string of the molecule is O=C(O)CCC(=O)OC(C(=O)O)C(CC(=O)O)C(=O)O. The predicted octanol–water partition coefficient (Wildman–Crippen LogP) is -0.977. The summed E-state index contributed by atoms with van der Waals surface area (Å²) < 4.78 is 4.34. The van der Waals surface area contributed by atoms with Crippen LogP contribution >= 0.6 is 0 Å². The van der Waals surface area contributed by atoms with Crippen molar-refractivity contribution in [3.63, 3.8) is 0 Å². The third kappa shape index (κ3) is 6.33. The van der Waals surface area contributed by atoms with E-state index in [0.29, 0.717) is 0 Å². The summed E-state index contributed by atoms with van der Waals surface area (Å²) in [7, 11) is 0. The molecule has 10 heteroatoms. The van der Waals surface area contributed by atoms with Crippen molar-refractivity contribution in [2.45, 2.75) is 25.4 Å². The second kappa shape index (κ2) is 7.71.